The number of hydrogen-bond acceptors (Lipinski definition) is 2. The molecule has 0 amide bonds. The molecular formula is C17H21NO. The Hall–Kier alpha value is -1.80. The summed E-state index contributed by atoms with van der Waals surface area (Å²) in [5, 5.41) is 13.4. The van der Waals surface area contributed by atoms with Crippen LogP contribution in [0.2, 0.25) is 0 Å². The number of hydrogen-bond donors (Lipinski definition) is 2. The number of rotatable bonds is 6. The molecule has 2 nitrogen and oxygen atoms in total. The maximum atomic E-state index is 9.89. The zero-order valence-corrected chi connectivity index (χ0v) is 11.3. The molecule has 0 saturated carbocycles. The van der Waals surface area contributed by atoms with Crippen molar-refractivity contribution in [3.63, 3.8) is 0 Å². The Bertz CT molecular complexity index is 496. The van der Waals surface area contributed by atoms with Crippen LogP contribution >= 0.6 is 0 Å². The Morgan fingerprint density at radius 2 is 1.68 bits per heavy atom. The van der Waals surface area contributed by atoms with Crippen molar-refractivity contribution in [3.05, 3.63) is 65.7 Å². The smallest absolute Gasteiger partial charge is 0.120 e. The highest BCUT2D eigenvalue weighted by molar-refractivity contribution is 5.34. The maximum absolute atomic E-state index is 9.89. The van der Waals surface area contributed by atoms with E-state index in [-0.39, 0.29) is 6.04 Å². The molecule has 0 aliphatic carbocycles. The van der Waals surface area contributed by atoms with Crippen molar-refractivity contribution in [2.75, 3.05) is 6.54 Å². The highest BCUT2D eigenvalue weighted by Crippen LogP contribution is 2.25. The van der Waals surface area contributed by atoms with Gasteiger partial charge in [-0.3, -0.25) is 0 Å². The summed E-state index contributed by atoms with van der Waals surface area (Å²) < 4.78 is 0. The molecule has 0 aliphatic heterocycles. The summed E-state index contributed by atoms with van der Waals surface area (Å²) in [7, 11) is 0. The van der Waals surface area contributed by atoms with Gasteiger partial charge in [-0.2, -0.15) is 0 Å². The monoisotopic (exact) mass is 255 g/mol. The van der Waals surface area contributed by atoms with E-state index in [4.69, 9.17) is 0 Å². The SMILES string of the molecule is CCC(NCCc1ccccc1)c1ccccc1O. The van der Waals surface area contributed by atoms with Gasteiger partial charge >= 0.3 is 0 Å². The Labute approximate surface area is 115 Å². The lowest BCUT2D eigenvalue weighted by Crippen LogP contribution is -2.23. The van der Waals surface area contributed by atoms with Crippen LogP contribution in [0.1, 0.15) is 30.5 Å². The minimum Gasteiger partial charge on any atom is -0.508 e. The predicted molar refractivity (Wildman–Crippen MR) is 79.3 cm³/mol. The van der Waals surface area contributed by atoms with Gasteiger partial charge in [0, 0.05) is 11.6 Å². The van der Waals surface area contributed by atoms with E-state index >= 15 is 0 Å². The molecule has 0 fully saturated rings. The number of para-hydroxylation sites is 1. The van der Waals surface area contributed by atoms with Crippen LogP contribution in [0.3, 0.4) is 0 Å². The molecule has 2 rings (SSSR count). The average molecular weight is 255 g/mol. The molecule has 1 atom stereocenters. The zero-order chi connectivity index (χ0) is 13.5. The molecule has 0 spiro atoms. The molecule has 0 aromatic heterocycles. The Morgan fingerprint density at radius 1 is 1.00 bits per heavy atom. The molecule has 100 valence electrons. The molecule has 1 unspecified atom stereocenters. The van der Waals surface area contributed by atoms with E-state index in [1.54, 1.807) is 6.07 Å². The van der Waals surface area contributed by atoms with Gasteiger partial charge in [-0.25, -0.2) is 0 Å². The van der Waals surface area contributed by atoms with Gasteiger partial charge in [0.05, 0.1) is 0 Å². The van der Waals surface area contributed by atoms with Gasteiger partial charge in [0.15, 0.2) is 0 Å². The standard InChI is InChI=1S/C17H21NO/c1-2-16(15-10-6-7-11-17(15)19)18-13-12-14-8-4-3-5-9-14/h3-11,16,18-19H,2,12-13H2,1H3. The molecule has 2 aromatic rings. The van der Waals surface area contributed by atoms with Crippen LogP contribution in [0, 0.1) is 0 Å². The molecular weight excluding hydrogens is 234 g/mol. The van der Waals surface area contributed by atoms with Crippen molar-refractivity contribution in [1.29, 1.82) is 0 Å². The van der Waals surface area contributed by atoms with Crippen LogP contribution in [0.5, 0.6) is 5.75 Å². The van der Waals surface area contributed by atoms with Crippen molar-refractivity contribution in [1.82, 2.24) is 5.32 Å². The van der Waals surface area contributed by atoms with Gasteiger partial charge in [0.25, 0.3) is 0 Å². The van der Waals surface area contributed by atoms with Crippen LogP contribution in [-0.4, -0.2) is 11.7 Å². The molecule has 0 radical (unpaired) electrons. The Morgan fingerprint density at radius 3 is 2.37 bits per heavy atom. The van der Waals surface area contributed by atoms with Crippen LogP contribution in [0.15, 0.2) is 54.6 Å². The van der Waals surface area contributed by atoms with E-state index in [9.17, 15) is 5.11 Å². The van der Waals surface area contributed by atoms with Crippen molar-refractivity contribution in [3.8, 4) is 5.75 Å². The average Bonchev–Trinajstić information content (AvgIpc) is 2.46. The van der Waals surface area contributed by atoms with Gasteiger partial charge in [0.1, 0.15) is 5.75 Å². The van der Waals surface area contributed by atoms with Crippen molar-refractivity contribution < 1.29 is 5.11 Å². The van der Waals surface area contributed by atoms with Gasteiger partial charge in [-0.15, -0.1) is 0 Å². The highest BCUT2D eigenvalue weighted by atomic mass is 16.3. The first kappa shape index (κ1) is 13.6. The van der Waals surface area contributed by atoms with Crippen LogP contribution in [0.25, 0.3) is 0 Å². The molecule has 2 heteroatoms. The lowest BCUT2D eigenvalue weighted by atomic mass is 10.0. The van der Waals surface area contributed by atoms with Crippen LogP contribution < -0.4 is 5.32 Å². The molecule has 19 heavy (non-hydrogen) atoms. The minimum atomic E-state index is 0.213. The summed E-state index contributed by atoms with van der Waals surface area (Å²) in [4.78, 5) is 0. The predicted octanol–water partition coefficient (Wildman–Crippen LogP) is 3.68. The summed E-state index contributed by atoms with van der Waals surface area (Å²) in [5.41, 5.74) is 2.32. The van der Waals surface area contributed by atoms with Gasteiger partial charge < -0.3 is 10.4 Å². The van der Waals surface area contributed by atoms with Crippen molar-refractivity contribution >= 4 is 0 Å². The molecule has 0 bridgehead atoms. The van der Waals surface area contributed by atoms with Gasteiger partial charge in [0.2, 0.25) is 0 Å². The lowest BCUT2D eigenvalue weighted by molar-refractivity contribution is 0.442. The van der Waals surface area contributed by atoms with E-state index in [1.165, 1.54) is 5.56 Å². The third-order valence-electron chi connectivity index (χ3n) is 3.37. The Kier molecular flexibility index (Phi) is 4.99. The number of nitrogens with one attached hydrogen (secondary N) is 1. The first-order valence-corrected chi connectivity index (χ1v) is 6.86. The second kappa shape index (κ2) is 6.95. The highest BCUT2D eigenvalue weighted by Gasteiger charge is 2.11. The molecule has 0 heterocycles. The first-order valence-electron chi connectivity index (χ1n) is 6.86. The number of aromatic hydroxyl groups is 1. The second-order valence-electron chi connectivity index (χ2n) is 4.71. The van der Waals surface area contributed by atoms with E-state index in [0.717, 1.165) is 24.9 Å². The lowest BCUT2D eigenvalue weighted by Gasteiger charge is -2.18. The van der Waals surface area contributed by atoms with Crippen LogP contribution in [-0.2, 0) is 6.42 Å². The fraction of sp³-hybridized carbons (Fsp3) is 0.294. The zero-order valence-electron chi connectivity index (χ0n) is 11.3. The Balaban J connectivity index is 1.92. The van der Waals surface area contributed by atoms with Crippen LogP contribution in [0.4, 0.5) is 0 Å². The van der Waals surface area contributed by atoms with Gasteiger partial charge in [-0.05, 0) is 31.0 Å². The molecule has 2 N–H and O–H groups in total. The van der Waals surface area contributed by atoms with Gasteiger partial charge in [-0.1, -0.05) is 55.5 Å². The molecule has 2 aromatic carbocycles. The quantitative estimate of drug-likeness (QED) is 0.825. The summed E-state index contributed by atoms with van der Waals surface area (Å²) >= 11 is 0. The minimum absolute atomic E-state index is 0.213. The first-order chi connectivity index (χ1) is 9.31. The van der Waals surface area contributed by atoms with E-state index in [1.807, 2.05) is 24.3 Å². The largest absolute Gasteiger partial charge is 0.508 e. The fourth-order valence-corrected chi connectivity index (χ4v) is 2.29. The summed E-state index contributed by atoms with van der Waals surface area (Å²) in [6, 6.07) is 18.2. The summed E-state index contributed by atoms with van der Waals surface area (Å²) in [6.45, 7) is 3.05. The second-order valence-corrected chi connectivity index (χ2v) is 4.71. The van der Waals surface area contributed by atoms with E-state index in [0.29, 0.717) is 5.75 Å². The number of benzene rings is 2. The van der Waals surface area contributed by atoms with Crippen molar-refractivity contribution in [2.24, 2.45) is 0 Å². The topological polar surface area (TPSA) is 32.3 Å². The third-order valence-corrected chi connectivity index (χ3v) is 3.37. The van der Waals surface area contributed by atoms with E-state index < -0.39 is 0 Å². The molecule has 0 aliphatic rings. The molecule has 0 saturated heterocycles. The third kappa shape index (κ3) is 3.83. The maximum Gasteiger partial charge on any atom is 0.120 e. The van der Waals surface area contributed by atoms with Crippen molar-refractivity contribution in [2.45, 2.75) is 25.8 Å². The number of phenols is 1. The summed E-state index contributed by atoms with van der Waals surface area (Å²) in [6.07, 6.45) is 1.97. The van der Waals surface area contributed by atoms with E-state index in [2.05, 4.69) is 36.5 Å². The normalized spacial score (nSPS) is 12.3. The number of phenolic OH excluding ortho intramolecular Hbond substituents is 1. The summed E-state index contributed by atoms with van der Waals surface area (Å²) in [5.74, 6) is 0.376. The fourth-order valence-electron chi connectivity index (χ4n) is 2.29.